The maximum Gasteiger partial charge on any atom is 0.416 e. The number of halogens is 3. The van der Waals surface area contributed by atoms with Gasteiger partial charge >= 0.3 is 6.18 Å². The normalized spacial score (nSPS) is 17.3. The van der Waals surface area contributed by atoms with Gasteiger partial charge in [-0.1, -0.05) is 24.3 Å². The van der Waals surface area contributed by atoms with E-state index in [1.165, 1.54) is 24.4 Å². The van der Waals surface area contributed by atoms with Crippen LogP contribution in [0.4, 0.5) is 24.5 Å². The predicted octanol–water partition coefficient (Wildman–Crippen LogP) is 6.19. The number of ketones is 1. The largest absolute Gasteiger partial charge is 0.416 e. The molecule has 4 N–H and O–H groups in total. The summed E-state index contributed by atoms with van der Waals surface area (Å²) in [5, 5.41) is 5.69. The minimum Gasteiger partial charge on any atom is -0.383 e. The van der Waals surface area contributed by atoms with E-state index in [0.717, 1.165) is 50.3 Å². The van der Waals surface area contributed by atoms with E-state index in [9.17, 15) is 27.6 Å². The van der Waals surface area contributed by atoms with Crippen LogP contribution in [0.1, 0.15) is 68.4 Å². The van der Waals surface area contributed by atoms with Gasteiger partial charge in [0.2, 0.25) is 0 Å². The van der Waals surface area contributed by atoms with Gasteiger partial charge < -0.3 is 30.7 Å². The molecule has 4 aromatic rings. The standard InChI is InChI=1S/C42H47F3N6O5/c1-41(46,14-17-50-18-20-56-21-19-50)38(52)29-7-4-8-30(23-29)40(54)49-36-12-11-33(51-16-5-10-34(51)27-55-2)25-35(36)37-24-31(13-15-47-37)39(53)48-26-28-6-3-9-32(22-28)42(43,44)45/h3-4,6-9,11-13,15,22-25,34H,5,10,14,16-21,26-27,46H2,1-2H3,(H,48,53)(H,49,54)/t34-,41?/m1/s1. The average Bonchev–Trinajstić information content (AvgIpc) is 3.67. The van der Waals surface area contributed by atoms with Crippen LogP contribution in [0, 0.1) is 0 Å². The lowest BCUT2D eigenvalue weighted by atomic mass is 9.88. The first-order chi connectivity index (χ1) is 26.8. The molecule has 6 rings (SSSR count). The van der Waals surface area contributed by atoms with Crippen molar-refractivity contribution in [3.63, 3.8) is 0 Å². The molecule has 2 saturated heterocycles. The Morgan fingerprint density at radius 3 is 2.45 bits per heavy atom. The van der Waals surface area contributed by atoms with E-state index in [1.54, 1.807) is 50.4 Å². The van der Waals surface area contributed by atoms with Crippen LogP contribution in [0.5, 0.6) is 0 Å². The van der Waals surface area contributed by atoms with Crippen LogP contribution in [-0.4, -0.2) is 92.2 Å². The monoisotopic (exact) mass is 772 g/mol. The fourth-order valence-corrected chi connectivity index (χ4v) is 7.09. The maximum absolute atomic E-state index is 13.9. The molecule has 2 atom stereocenters. The number of carbonyl (C=O) groups is 3. The summed E-state index contributed by atoms with van der Waals surface area (Å²) in [4.78, 5) is 49.8. The number of alkyl halides is 3. The molecule has 0 spiro atoms. The molecule has 3 aromatic carbocycles. The van der Waals surface area contributed by atoms with Gasteiger partial charge in [-0.25, -0.2) is 0 Å². The second-order valence-corrected chi connectivity index (χ2v) is 14.5. The van der Waals surface area contributed by atoms with Crippen molar-refractivity contribution in [3.05, 3.63) is 113 Å². The van der Waals surface area contributed by atoms with Crippen LogP contribution in [0.15, 0.2) is 85.1 Å². The number of benzene rings is 3. The molecule has 0 saturated carbocycles. The van der Waals surface area contributed by atoms with Crippen LogP contribution < -0.4 is 21.3 Å². The minimum atomic E-state index is -4.50. The molecular formula is C42H47F3N6O5. The van der Waals surface area contributed by atoms with Crippen LogP contribution in [0.3, 0.4) is 0 Å². The zero-order valence-corrected chi connectivity index (χ0v) is 31.5. The highest BCUT2D eigenvalue weighted by atomic mass is 19.4. The highest BCUT2D eigenvalue weighted by Gasteiger charge is 2.32. The zero-order chi connectivity index (χ0) is 39.9. The van der Waals surface area contributed by atoms with Crippen LogP contribution >= 0.6 is 0 Å². The van der Waals surface area contributed by atoms with Crippen molar-refractivity contribution < 1.29 is 37.0 Å². The van der Waals surface area contributed by atoms with E-state index in [1.807, 2.05) is 12.1 Å². The summed E-state index contributed by atoms with van der Waals surface area (Å²) in [6.45, 7) is 6.44. The summed E-state index contributed by atoms with van der Waals surface area (Å²) in [5.74, 6) is -1.24. The fraction of sp³-hybridized carbons (Fsp3) is 0.381. The van der Waals surface area contributed by atoms with Gasteiger partial charge in [0.15, 0.2) is 5.78 Å². The molecule has 3 heterocycles. The van der Waals surface area contributed by atoms with Crippen LogP contribution in [-0.2, 0) is 22.2 Å². The summed E-state index contributed by atoms with van der Waals surface area (Å²) < 4.78 is 50.7. The van der Waals surface area contributed by atoms with Crippen molar-refractivity contribution in [2.45, 2.75) is 50.5 Å². The Balaban J connectivity index is 1.24. The SMILES string of the molecule is COC[C@H]1CCCN1c1ccc(NC(=O)c2cccc(C(=O)C(C)(N)CCN3CCOCC3)c2)c(-c2cc(C(=O)NCc3cccc(C(F)(F)F)c3)ccn2)c1. The molecule has 0 radical (unpaired) electrons. The van der Waals surface area contributed by atoms with E-state index in [4.69, 9.17) is 15.2 Å². The Hall–Kier alpha value is -5.15. The molecule has 1 unspecified atom stereocenters. The topological polar surface area (TPSA) is 139 Å². The van der Waals surface area contributed by atoms with E-state index in [-0.39, 0.29) is 29.5 Å². The Morgan fingerprint density at radius 2 is 1.68 bits per heavy atom. The van der Waals surface area contributed by atoms with Gasteiger partial charge in [-0.15, -0.1) is 0 Å². The number of nitrogens with one attached hydrogen (secondary N) is 2. The number of Topliss-reactive ketones (excluding diaryl/α,β-unsaturated/α-hetero) is 1. The van der Waals surface area contributed by atoms with E-state index in [0.29, 0.717) is 60.9 Å². The van der Waals surface area contributed by atoms with Gasteiger partial charge in [0.25, 0.3) is 11.8 Å². The molecule has 2 fully saturated rings. The summed E-state index contributed by atoms with van der Waals surface area (Å²) >= 11 is 0. The number of pyridine rings is 1. The molecule has 56 heavy (non-hydrogen) atoms. The molecule has 2 amide bonds. The number of anilines is 2. The first-order valence-electron chi connectivity index (χ1n) is 18.7. The van der Waals surface area contributed by atoms with Gasteiger partial charge in [-0.05, 0) is 86.3 Å². The number of aromatic nitrogens is 1. The van der Waals surface area contributed by atoms with Crippen molar-refractivity contribution >= 4 is 29.0 Å². The third-order valence-electron chi connectivity index (χ3n) is 10.3. The molecular weight excluding hydrogens is 725 g/mol. The smallest absolute Gasteiger partial charge is 0.383 e. The highest BCUT2D eigenvalue weighted by Crippen LogP contribution is 2.35. The van der Waals surface area contributed by atoms with E-state index >= 15 is 0 Å². The lowest BCUT2D eigenvalue weighted by Gasteiger charge is -2.30. The van der Waals surface area contributed by atoms with Gasteiger partial charge in [-0.3, -0.25) is 24.3 Å². The molecule has 14 heteroatoms. The van der Waals surface area contributed by atoms with Crippen LogP contribution in [0.25, 0.3) is 11.3 Å². The number of methoxy groups -OCH3 is 1. The summed E-state index contributed by atoms with van der Waals surface area (Å²) in [5.41, 5.74) is 7.92. The minimum absolute atomic E-state index is 0.119. The van der Waals surface area contributed by atoms with Crippen LogP contribution in [0.2, 0.25) is 0 Å². The number of hydrogen-bond donors (Lipinski definition) is 3. The van der Waals surface area contributed by atoms with Gasteiger partial charge in [-0.2, -0.15) is 13.2 Å². The first-order valence-corrected chi connectivity index (χ1v) is 18.7. The number of amides is 2. The van der Waals surface area contributed by atoms with Crippen molar-refractivity contribution in [1.29, 1.82) is 0 Å². The molecule has 2 aliphatic heterocycles. The number of hydrogen-bond acceptors (Lipinski definition) is 9. The summed E-state index contributed by atoms with van der Waals surface area (Å²) in [6.07, 6.45) is -0.670. The molecule has 1 aromatic heterocycles. The number of morpholine rings is 1. The van der Waals surface area contributed by atoms with E-state index < -0.39 is 29.1 Å². The maximum atomic E-state index is 13.9. The number of rotatable bonds is 14. The van der Waals surface area contributed by atoms with Crippen molar-refractivity contribution in [1.82, 2.24) is 15.2 Å². The number of nitrogens with zero attached hydrogens (tertiary/aromatic N) is 3. The molecule has 296 valence electrons. The average molecular weight is 773 g/mol. The second-order valence-electron chi connectivity index (χ2n) is 14.5. The van der Waals surface area contributed by atoms with Crippen molar-refractivity contribution in [2.24, 2.45) is 5.73 Å². The first kappa shape index (κ1) is 40.5. The highest BCUT2D eigenvalue weighted by molar-refractivity contribution is 6.09. The fourth-order valence-electron chi connectivity index (χ4n) is 7.09. The van der Waals surface area contributed by atoms with Crippen molar-refractivity contribution in [2.75, 3.05) is 63.3 Å². The van der Waals surface area contributed by atoms with Crippen molar-refractivity contribution in [3.8, 4) is 11.3 Å². The number of nitrogens with two attached hydrogens (primary N) is 1. The molecule has 0 aliphatic carbocycles. The number of ether oxygens (including phenoxy) is 2. The lowest BCUT2D eigenvalue weighted by molar-refractivity contribution is -0.137. The second kappa shape index (κ2) is 17.8. The third-order valence-corrected chi connectivity index (χ3v) is 10.3. The van der Waals surface area contributed by atoms with Gasteiger partial charge in [0.1, 0.15) is 0 Å². The third kappa shape index (κ3) is 9.98. The molecule has 0 bridgehead atoms. The Morgan fingerprint density at radius 1 is 0.929 bits per heavy atom. The summed E-state index contributed by atoms with van der Waals surface area (Å²) in [7, 11) is 1.66. The van der Waals surface area contributed by atoms with Gasteiger partial charge in [0, 0.05) is 74.0 Å². The molecule has 11 nitrogen and oxygen atoms in total. The molecule has 2 aliphatic rings. The Kier molecular flexibility index (Phi) is 12.8. The van der Waals surface area contributed by atoms with E-state index in [2.05, 4.69) is 25.4 Å². The zero-order valence-electron chi connectivity index (χ0n) is 31.5. The quantitative estimate of drug-likeness (QED) is 0.128. The number of carbonyl (C=O) groups excluding carboxylic acids is 3. The Labute approximate surface area is 324 Å². The Bertz CT molecular complexity index is 2030. The van der Waals surface area contributed by atoms with Gasteiger partial charge in [0.05, 0.1) is 48.3 Å². The predicted molar refractivity (Wildman–Crippen MR) is 208 cm³/mol. The lowest BCUT2D eigenvalue weighted by Crippen LogP contribution is -2.48. The summed E-state index contributed by atoms with van der Waals surface area (Å²) in [6, 6.07) is 20.1.